The molecule has 0 aliphatic carbocycles. The second-order valence-electron chi connectivity index (χ2n) is 5.83. The van der Waals surface area contributed by atoms with Gasteiger partial charge in [0.2, 0.25) is 0 Å². The second kappa shape index (κ2) is 8.26. The van der Waals surface area contributed by atoms with Crippen LogP contribution in [-0.2, 0) is 9.59 Å². The average molecular weight is 361 g/mol. The van der Waals surface area contributed by atoms with Gasteiger partial charge in [0, 0.05) is 0 Å². The molecule has 1 aromatic carbocycles. The van der Waals surface area contributed by atoms with Crippen molar-refractivity contribution in [2.75, 3.05) is 0 Å². The molecule has 2 rings (SSSR count). The van der Waals surface area contributed by atoms with E-state index in [1.54, 1.807) is 12.2 Å². The number of nitrogens with zero attached hydrogens (tertiary/aromatic N) is 1. The predicted octanol–water partition coefficient (Wildman–Crippen LogP) is 3.94. The van der Waals surface area contributed by atoms with E-state index in [2.05, 4.69) is 0 Å². The fourth-order valence-electron chi connectivity index (χ4n) is 2.34. The SMILES string of the molecule is CC(C)CC(C(=O)O)N1C(=O)/C(=C/C=C/c2ccccc2)SC1=S. The molecule has 6 heteroatoms. The maximum absolute atomic E-state index is 12.5. The van der Waals surface area contributed by atoms with Crippen LogP contribution in [0.2, 0.25) is 0 Å². The van der Waals surface area contributed by atoms with E-state index in [1.165, 1.54) is 4.90 Å². The Labute approximate surface area is 151 Å². The first kappa shape index (κ1) is 18.4. The van der Waals surface area contributed by atoms with Crippen molar-refractivity contribution < 1.29 is 14.7 Å². The lowest BCUT2D eigenvalue weighted by Crippen LogP contribution is -2.44. The Balaban J connectivity index is 2.17. The number of carboxylic acid groups (broad SMARTS) is 1. The van der Waals surface area contributed by atoms with Crippen LogP contribution in [0.25, 0.3) is 6.08 Å². The number of thiocarbonyl (C=S) groups is 1. The maximum atomic E-state index is 12.5. The standard InChI is InChI=1S/C18H19NO3S2/c1-12(2)11-14(17(21)22)19-16(20)15(24-18(19)23)10-6-9-13-7-4-3-5-8-13/h3-10,12,14H,11H2,1-2H3,(H,21,22)/b9-6+,15-10-. The Morgan fingerprint density at radius 3 is 2.58 bits per heavy atom. The topological polar surface area (TPSA) is 57.6 Å². The number of benzene rings is 1. The van der Waals surface area contributed by atoms with Gasteiger partial charge in [-0.15, -0.1) is 0 Å². The lowest BCUT2D eigenvalue weighted by Gasteiger charge is -2.24. The average Bonchev–Trinajstić information content (AvgIpc) is 2.80. The van der Waals surface area contributed by atoms with E-state index in [1.807, 2.05) is 50.3 Å². The number of carboxylic acids is 1. The molecule has 0 bridgehead atoms. The molecule has 1 unspecified atom stereocenters. The Bertz CT molecular complexity index is 695. The fourth-order valence-corrected chi connectivity index (χ4v) is 3.64. The number of carbonyl (C=O) groups is 2. The van der Waals surface area contributed by atoms with Crippen molar-refractivity contribution in [2.45, 2.75) is 26.3 Å². The van der Waals surface area contributed by atoms with Crippen LogP contribution in [0, 0.1) is 5.92 Å². The third-order valence-corrected chi connectivity index (χ3v) is 4.80. The Kier molecular flexibility index (Phi) is 6.34. The summed E-state index contributed by atoms with van der Waals surface area (Å²) in [7, 11) is 0. The van der Waals surface area contributed by atoms with E-state index in [0.717, 1.165) is 17.3 Å². The van der Waals surface area contributed by atoms with Crippen LogP contribution in [0.4, 0.5) is 0 Å². The highest BCUT2D eigenvalue weighted by Crippen LogP contribution is 2.34. The van der Waals surface area contributed by atoms with Crippen molar-refractivity contribution in [3.05, 3.63) is 53.0 Å². The lowest BCUT2D eigenvalue weighted by molar-refractivity contribution is -0.145. The van der Waals surface area contributed by atoms with Crippen LogP contribution < -0.4 is 0 Å². The van der Waals surface area contributed by atoms with Crippen LogP contribution in [0.5, 0.6) is 0 Å². The summed E-state index contributed by atoms with van der Waals surface area (Å²) in [5.74, 6) is -1.21. The molecule has 24 heavy (non-hydrogen) atoms. The molecule has 1 amide bonds. The number of hydrogen-bond donors (Lipinski definition) is 1. The van der Waals surface area contributed by atoms with Gasteiger partial charge in [0.05, 0.1) is 4.91 Å². The number of aliphatic carboxylic acids is 1. The highest BCUT2D eigenvalue weighted by Gasteiger charge is 2.40. The first-order valence-electron chi connectivity index (χ1n) is 7.61. The first-order valence-corrected chi connectivity index (χ1v) is 8.84. The Morgan fingerprint density at radius 2 is 2.00 bits per heavy atom. The molecule has 4 nitrogen and oxygen atoms in total. The minimum Gasteiger partial charge on any atom is -0.480 e. The van der Waals surface area contributed by atoms with Crippen molar-refractivity contribution in [1.29, 1.82) is 0 Å². The molecule has 1 aliphatic rings. The molecule has 1 saturated heterocycles. The minimum atomic E-state index is -1.03. The summed E-state index contributed by atoms with van der Waals surface area (Å²) in [6.45, 7) is 3.85. The van der Waals surface area contributed by atoms with E-state index in [0.29, 0.717) is 15.6 Å². The van der Waals surface area contributed by atoms with Crippen LogP contribution in [0.3, 0.4) is 0 Å². The van der Waals surface area contributed by atoms with Gasteiger partial charge in [-0.25, -0.2) is 4.79 Å². The van der Waals surface area contributed by atoms with Gasteiger partial charge in [-0.3, -0.25) is 9.69 Å². The predicted molar refractivity (Wildman–Crippen MR) is 101 cm³/mol. The van der Waals surface area contributed by atoms with Crippen molar-refractivity contribution >= 4 is 46.3 Å². The molecule has 1 heterocycles. The van der Waals surface area contributed by atoms with Crippen LogP contribution >= 0.6 is 24.0 Å². The molecular weight excluding hydrogens is 342 g/mol. The van der Waals surface area contributed by atoms with Crippen molar-refractivity contribution in [3.63, 3.8) is 0 Å². The van der Waals surface area contributed by atoms with Gasteiger partial charge in [0.15, 0.2) is 0 Å². The van der Waals surface area contributed by atoms with Crippen LogP contribution in [0.1, 0.15) is 25.8 Å². The van der Waals surface area contributed by atoms with Gasteiger partial charge in [-0.1, -0.05) is 80.3 Å². The molecule has 1 atom stereocenters. The highest BCUT2D eigenvalue weighted by molar-refractivity contribution is 8.26. The van der Waals surface area contributed by atoms with Gasteiger partial charge < -0.3 is 5.11 Å². The first-order chi connectivity index (χ1) is 11.4. The number of amides is 1. The number of hydrogen-bond acceptors (Lipinski definition) is 4. The van der Waals surface area contributed by atoms with E-state index in [4.69, 9.17) is 12.2 Å². The molecule has 1 aliphatic heterocycles. The summed E-state index contributed by atoms with van der Waals surface area (Å²) < 4.78 is 0.299. The van der Waals surface area contributed by atoms with Crippen molar-refractivity contribution in [1.82, 2.24) is 4.90 Å². The quantitative estimate of drug-likeness (QED) is 0.614. The minimum absolute atomic E-state index is 0.151. The molecule has 126 valence electrons. The molecule has 0 radical (unpaired) electrons. The number of thioether (sulfide) groups is 1. The van der Waals surface area contributed by atoms with E-state index >= 15 is 0 Å². The molecule has 1 N–H and O–H groups in total. The van der Waals surface area contributed by atoms with Crippen molar-refractivity contribution in [3.8, 4) is 0 Å². The Morgan fingerprint density at radius 1 is 1.33 bits per heavy atom. The van der Waals surface area contributed by atoms with Gasteiger partial charge in [-0.2, -0.15) is 0 Å². The lowest BCUT2D eigenvalue weighted by atomic mass is 10.0. The van der Waals surface area contributed by atoms with Gasteiger partial charge in [0.25, 0.3) is 5.91 Å². The van der Waals surface area contributed by atoms with Crippen molar-refractivity contribution in [2.24, 2.45) is 5.92 Å². The smallest absolute Gasteiger partial charge is 0.326 e. The summed E-state index contributed by atoms with van der Waals surface area (Å²) in [6, 6.07) is 8.80. The number of allylic oxidation sites excluding steroid dienone is 2. The highest BCUT2D eigenvalue weighted by atomic mass is 32.2. The number of carbonyl (C=O) groups excluding carboxylic acids is 1. The third-order valence-electron chi connectivity index (χ3n) is 3.45. The zero-order valence-electron chi connectivity index (χ0n) is 13.5. The molecule has 0 saturated carbocycles. The molecule has 0 spiro atoms. The van der Waals surface area contributed by atoms with Gasteiger partial charge >= 0.3 is 5.97 Å². The summed E-state index contributed by atoms with van der Waals surface area (Å²) >= 11 is 6.37. The van der Waals surface area contributed by atoms with E-state index in [9.17, 15) is 14.7 Å². The van der Waals surface area contributed by atoms with Crippen LogP contribution in [-0.4, -0.2) is 32.2 Å². The second-order valence-corrected chi connectivity index (χ2v) is 7.50. The normalized spacial score (nSPS) is 18.1. The van der Waals surface area contributed by atoms with Crippen LogP contribution in [0.15, 0.2) is 47.4 Å². The summed E-state index contributed by atoms with van der Waals surface area (Å²) in [5.41, 5.74) is 1.02. The molecule has 1 aromatic rings. The zero-order chi connectivity index (χ0) is 17.7. The van der Waals surface area contributed by atoms with E-state index < -0.39 is 12.0 Å². The molecular formula is C18H19NO3S2. The zero-order valence-corrected chi connectivity index (χ0v) is 15.1. The third kappa shape index (κ3) is 4.55. The largest absolute Gasteiger partial charge is 0.480 e. The Hall–Kier alpha value is -1.92. The maximum Gasteiger partial charge on any atom is 0.326 e. The summed E-state index contributed by atoms with van der Waals surface area (Å²) in [6.07, 6.45) is 5.71. The summed E-state index contributed by atoms with van der Waals surface area (Å²) in [4.78, 5) is 25.7. The molecule has 0 aromatic heterocycles. The van der Waals surface area contributed by atoms with Gasteiger partial charge in [-0.05, 0) is 24.0 Å². The molecule has 1 fully saturated rings. The monoisotopic (exact) mass is 361 g/mol. The fraction of sp³-hybridized carbons (Fsp3) is 0.278. The summed E-state index contributed by atoms with van der Waals surface area (Å²) in [5, 5.41) is 9.43. The number of rotatable bonds is 6. The van der Waals surface area contributed by atoms with Gasteiger partial charge in [0.1, 0.15) is 10.4 Å². The van der Waals surface area contributed by atoms with E-state index in [-0.39, 0.29) is 11.8 Å².